The molecule has 0 spiro atoms. The second kappa shape index (κ2) is 3.17. The number of rotatable bonds is 0. The van der Waals surface area contributed by atoms with Gasteiger partial charge in [-0.25, -0.2) is 0 Å². The Hall–Kier alpha value is -0.300. The summed E-state index contributed by atoms with van der Waals surface area (Å²) in [5.74, 6) is 2.68. The molecular weight excluding hydrogens is 208 g/mol. The predicted molar refractivity (Wildman–Crippen MR) is 70.5 cm³/mol. The Morgan fingerprint density at radius 2 is 1.94 bits per heavy atom. The summed E-state index contributed by atoms with van der Waals surface area (Å²) in [6, 6.07) is 0. The molecule has 0 aromatic rings. The second-order valence-corrected chi connectivity index (χ2v) is 7.61. The summed E-state index contributed by atoms with van der Waals surface area (Å²) in [5, 5.41) is 11.4. The van der Waals surface area contributed by atoms with Crippen molar-refractivity contribution in [3.63, 3.8) is 0 Å². The van der Waals surface area contributed by atoms with Gasteiger partial charge in [0.05, 0.1) is 5.60 Å². The van der Waals surface area contributed by atoms with Crippen LogP contribution in [0.2, 0.25) is 0 Å². The lowest BCUT2D eigenvalue weighted by molar-refractivity contribution is -0.0837. The van der Waals surface area contributed by atoms with E-state index in [1.807, 2.05) is 0 Å². The van der Waals surface area contributed by atoms with E-state index in [-0.39, 0.29) is 0 Å². The van der Waals surface area contributed by atoms with Crippen LogP contribution in [0.4, 0.5) is 0 Å². The highest BCUT2D eigenvalue weighted by Crippen LogP contribution is 2.68. The molecule has 17 heavy (non-hydrogen) atoms. The third-order valence-electron chi connectivity index (χ3n) is 6.58. The van der Waals surface area contributed by atoms with Gasteiger partial charge >= 0.3 is 0 Å². The molecule has 0 amide bonds. The van der Waals surface area contributed by atoms with Crippen LogP contribution >= 0.6 is 0 Å². The molecule has 0 aliphatic heterocycles. The molecule has 0 heterocycles. The van der Waals surface area contributed by atoms with Gasteiger partial charge in [0.15, 0.2) is 0 Å². The Labute approximate surface area is 105 Å². The predicted octanol–water partition coefficient (Wildman–Crippen LogP) is 3.63. The molecule has 1 heteroatoms. The minimum absolute atomic E-state index is 0.294. The van der Waals surface area contributed by atoms with Crippen LogP contribution in [-0.2, 0) is 0 Å². The van der Waals surface area contributed by atoms with Crippen LogP contribution in [0.25, 0.3) is 0 Å². The summed E-state index contributed by atoms with van der Waals surface area (Å²) in [7, 11) is 0. The van der Waals surface area contributed by atoms with E-state index in [1.54, 1.807) is 0 Å². The number of hydrogen-bond donors (Lipinski definition) is 1. The highest BCUT2D eigenvalue weighted by molar-refractivity contribution is 5.27. The summed E-state index contributed by atoms with van der Waals surface area (Å²) < 4.78 is 0. The summed E-state index contributed by atoms with van der Waals surface area (Å²) in [4.78, 5) is 0. The highest BCUT2D eigenvalue weighted by Gasteiger charge is 2.68. The molecular formula is C16H26O. The molecule has 0 unspecified atom stereocenters. The van der Waals surface area contributed by atoms with Gasteiger partial charge in [-0.3, -0.25) is 0 Å². The fourth-order valence-electron chi connectivity index (χ4n) is 5.65. The first-order chi connectivity index (χ1) is 7.80. The van der Waals surface area contributed by atoms with Gasteiger partial charge in [-0.05, 0) is 48.3 Å². The fourth-order valence-corrected chi connectivity index (χ4v) is 5.65. The van der Waals surface area contributed by atoms with Gasteiger partial charge in [0.2, 0.25) is 0 Å². The molecule has 0 bridgehead atoms. The third-order valence-corrected chi connectivity index (χ3v) is 6.58. The summed E-state index contributed by atoms with van der Waals surface area (Å²) in [6.07, 6.45) is 3.65. The summed E-state index contributed by atoms with van der Waals surface area (Å²) in [5.41, 5.74) is 1.13. The smallest absolute Gasteiger partial charge is 0.0779 e. The van der Waals surface area contributed by atoms with E-state index >= 15 is 0 Å². The SMILES string of the molecule is C=C1C[C@H]2[C@@H](C)[C@@H]3CCC(C)(C)[C@H]3[C@]2(O)[C@@H]1C. The van der Waals surface area contributed by atoms with Crippen LogP contribution in [0.15, 0.2) is 12.2 Å². The van der Waals surface area contributed by atoms with Crippen molar-refractivity contribution in [2.75, 3.05) is 0 Å². The Bertz CT molecular complexity index is 370. The molecule has 1 nitrogen and oxygen atoms in total. The fraction of sp³-hybridized carbons (Fsp3) is 0.875. The largest absolute Gasteiger partial charge is 0.389 e. The first-order valence-electron chi connectivity index (χ1n) is 7.20. The Morgan fingerprint density at radius 1 is 1.29 bits per heavy atom. The van der Waals surface area contributed by atoms with Crippen LogP contribution in [0.5, 0.6) is 0 Å². The number of aliphatic hydroxyl groups is 1. The van der Waals surface area contributed by atoms with Gasteiger partial charge in [-0.15, -0.1) is 0 Å². The van der Waals surface area contributed by atoms with E-state index in [2.05, 4.69) is 34.3 Å². The Kier molecular flexibility index (Phi) is 2.20. The summed E-state index contributed by atoms with van der Waals surface area (Å²) >= 11 is 0. The lowest BCUT2D eigenvalue weighted by atomic mass is 9.68. The second-order valence-electron chi connectivity index (χ2n) is 7.61. The van der Waals surface area contributed by atoms with Crippen LogP contribution < -0.4 is 0 Å². The first kappa shape index (κ1) is 11.8. The maximum absolute atomic E-state index is 11.4. The molecule has 3 saturated carbocycles. The topological polar surface area (TPSA) is 20.2 Å². The monoisotopic (exact) mass is 234 g/mol. The van der Waals surface area contributed by atoms with E-state index in [9.17, 15) is 5.11 Å². The third kappa shape index (κ3) is 1.19. The zero-order chi connectivity index (χ0) is 12.6. The Morgan fingerprint density at radius 3 is 2.59 bits per heavy atom. The molecule has 0 aromatic carbocycles. The zero-order valence-corrected chi connectivity index (χ0v) is 11.7. The average molecular weight is 234 g/mol. The van der Waals surface area contributed by atoms with Crippen molar-refractivity contribution in [3.05, 3.63) is 12.2 Å². The average Bonchev–Trinajstić information content (AvgIpc) is 2.75. The van der Waals surface area contributed by atoms with E-state index in [1.165, 1.54) is 18.4 Å². The van der Waals surface area contributed by atoms with Crippen molar-refractivity contribution in [1.29, 1.82) is 0 Å². The van der Waals surface area contributed by atoms with Crippen LogP contribution in [-0.4, -0.2) is 10.7 Å². The molecule has 6 atom stereocenters. The highest BCUT2D eigenvalue weighted by atomic mass is 16.3. The molecule has 0 saturated heterocycles. The van der Waals surface area contributed by atoms with Crippen molar-refractivity contribution >= 4 is 0 Å². The molecule has 3 aliphatic rings. The van der Waals surface area contributed by atoms with Crippen LogP contribution in [0.3, 0.4) is 0 Å². The first-order valence-corrected chi connectivity index (χ1v) is 7.20. The minimum Gasteiger partial charge on any atom is -0.389 e. The van der Waals surface area contributed by atoms with Crippen molar-refractivity contribution in [1.82, 2.24) is 0 Å². The molecule has 96 valence electrons. The van der Waals surface area contributed by atoms with Crippen molar-refractivity contribution in [3.8, 4) is 0 Å². The normalized spacial score (nSPS) is 56.1. The van der Waals surface area contributed by atoms with Crippen molar-refractivity contribution in [2.45, 2.75) is 52.6 Å². The molecule has 3 rings (SSSR count). The van der Waals surface area contributed by atoms with Gasteiger partial charge < -0.3 is 5.11 Å². The minimum atomic E-state index is -0.457. The van der Waals surface area contributed by atoms with Crippen LogP contribution in [0.1, 0.15) is 47.0 Å². The number of hydrogen-bond acceptors (Lipinski definition) is 1. The standard InChI is InChI=1S/C16H26O/c1-9-8-13-10(2)12-6-7-15(4,5)14(12)16(13,17)11(9)3/h10-14,17H,1,6-8H2,2-5H3/t10-,11+,12-,13-,14-,16-/m0/s1. The van der Waals surface area contributed by atoms with E-state index in [0.29, 0.717) is 29.1 Å². The van der Waals surface area contributed by atoms with Crippen molar-refractivity contribution < 1.29 is 5.11 Å². The lowest BCUT2D eigenvalue weighted by Gasteiger charge is -2.41. The lowest BCUT2D eigenvalue weighted by Crippen LogP contribution is -2.47. The maximum Gasteiger partial charge on any atom is 0.0779 e. The Balaban J connectivity index is 2.09. The van der Waals surface area contributed by atoms with E-state index < -0.39 is 5.60 Å². The van der Waals surface area contributed by atoms with Gasteiger partial charge in [-0.1, -0.05) is 39.8 Å². The zero-order valence-electron chi connectivity index (χ0n) is 11.7. The van der Waals surface area contributed by atoms with Crippen LogP contribution in [0, 0.1) is 35.0 Å². The van der Waals surface area contributed by atoms with E-state index in [0.717, 1.165) is 12.3 Å². The molecule has 0 aromatic heterocycles. The van der Waals surface area contributed by atoms with E-state index in [4.69, 9.17) is 0 Å². The van der Waals surface area contributed by atoms with Gasteiger partial charge in [0.25, 0.3) is 0 Å². The molecule has 3 aliphatic carbocycles. The van der Waals surface area contributed by atoms with Gasteiger partial charge in [0.1, 0.15) is 0 Å². The molecule has 3 fully saturated rings. The van der Waals surface area contributed by atoms with Gasteiger partial charge in [0, 0.05) is 5.92 Å². The van der Waals surface area contributed by atoms with Gasteiger partial charge in [-0.2, -0.15) is 0 Å². The van der Waals surface area contributed by atoms with Crippen molar-refractivity contribution in [2.24, 2.45) is 35.0 Å². The maximum atomic E-state index is 11.4. The molecule has 0 radical (unpaired) electrons. The number of fused-ring (bicyclic) bond motifs is 3. The summed E-state index contributed by atoms with van der Waals surface area (Å²) in [6.45, 7) is 13.5. The quantitative estimate of drug-likeness (QED) is 0.635. The molecule has 1 N–H and O–H groups in total.